The molecule has 0 spiro atoms. The lowest BCUT2D eigenvalue weighted by molar-refractivity contribution is 0.340. The van der Waals surface area contributed by atoms with Gasteiger partial charge in [0.2, 0.25) is 11.7 Å². The molecule has 2 unspecified atom stereocenters. The monoisotopic (exact) mass is 354 g/mol. The molecule has 3 heterocycles. The van der Waals surface area contributed by atoms with Crippen molar-refractivity contribution in [1.82, 2.24) is 20.4 Å². The highest BCUT2D eigenvalue weighted by molar-refractivity contribution is 9.10. The molecule has 1 aliphatic heterocycles. The van der Waals surface area contributed by atoms with Crippen LogP contribution in [0.4, 0.5) is 0 Å². The number of thioether (sulfide) groups is 1. The van der Waals surface area contributed by atoms with Crippen LogP contribution in [0, 0.1) is 0 Å². The molecule has 1 aliphatic rings. The van der Waals surface area contributed by atoms with Gasteiger partial charge in [-0.3, -0.25) is 4.98 Å². The molecule has 0 saturated carbocycles. The van der Waals surface area contributed by atoms with Crippen LogP contribution < -0.4 is 5.32 Å². The number of halogens is 1. The Balaban J connectivity index is 1.85. The fourth-order valence-electron chi connectivity index (χ4n) is 2.29. The summed E-state index contributed by atoms with van der Waals surface area (Å²) in [7, 11) is 0. The minimum atomic E-state index is 0.281. The maximum Gasteiger partial charge on any atom is 0.232 e. The number of likely N-dealkylation sites (N-methyl/N-ethyl adjacent to an activating group) is 1. The van der Waals surface area contributed by atoms with Crippen LogP contribution in [0.15, 0.2) is 27.3 Å². The smallest absolute Gasteiger partial charge is 0.232 e. The molecule has 3 rings (SSSR count). The van der Waals surface area contributed by atoms with Crippen LogP contribution in [0.5, 0.6) is 0 Å². The topological polar surface area (TPSA) is 63.8 Å². The van der Waals surface area contributed by atoms with Crippen LogP contribution in [-0.4, -0.2) is 39.2 Å². The van der Waals surface area contributed by atoms with Crippen molar-refractivity contribution in [2.45, 2.75) is 18.9 Å². The molecule has 20 heavy (non-hydrogen) atoms. The Morgan fingerprint density at radius 1 is 1.50 bits per heavy atom. The van der Waals surface area contributed by atoms with Crippen molar-refractivity contribution < 1.29 is 4.52 Å². The summed E-state index contributed by atoms with van der Waals surface area (Å²) in [5, 5.41) is 7.55. The second-order valence-electron chi connectivity index (χ2n) is 4.60. The zero-order valence-electron chi connectivity index (χ0n) is 11.0. The fourth-order valence-corrected chi connectivity index (χ4v) is 4.09. The van der Waals surface area contributed by atoms with Crippen molar-refractivity contribution >= 4 is 27.7 Å². The Hall–Kier alpha value is -0.920. The van der Waals surface area contributed by atoms with E-state index in [1.54, 1.807) is 6.20 Å². The van der Waals surface area contributed by atoms with E-state index in [2.05, 4.69) is 43.3 Å². The van der Waals surface area contributed by atoms with Gasteiger partial charge in [0.25, 0.3) is 0 Å². The van der Waals surface area contributed by atoms with Crippen LogP contribution in [0.2, 0.25) is 0 Å². The molecule has 0 radical (unpaired) electrons. The number of nitrogens with zero attached hydrogens (tertiary/aromatic N) is 3. The third kappa shape index (κ3) is 2.75. The molecule has 2 aromatic heterocycles. The van der Waals surface area contributed by atoms with Gasteiger partial charge in [0.05, 0.1) is 5.92 Å². The SMILES string of the molecule is CCNC1CSCC1c1nc(-c2ncccc2Br)no1. The Bertz CT molecular complexity index is 591. The number of rotatable bonds is 4. The van der Waals surface area contributed by atoms with Crippen molar-refractivity contribution in [3.8, 4) is 11.5 Å². The minimum Gasteiger partial charge on any atom is -0.339 e. The molecule has 2 aromatic rings. The van der Waals surface area contributed by atoms with E-state index in [9.17, 15) is 0 Å². The number of nitrogens with one attached hydrogen (secondary N) is 1. The highest BCUT2D eigenvalue weighted by Crippen LogP contribution is 2.33. The van der Waals surface area contributed by atoms with Crippen molar-refractivity contribution in [3.63, 3.8) is 0 Å². The molecule has 106 valence electrons. The van der Waals surface area contributed by atoms with Gasteiger partial charge in [-0.15, -0.1) is 0 Å². The molecule has 7 heteroatoms. The Morgan fingerprint density at radius 3 is 3.20 bits per heavy atom. The molecule has 0 aromatic carbocycles. The first-order valence-electron chi connectivity index (χ1n) is 6.55. The lowest BCUT2D eigenvalue weighted by Crippen LogP contribution is -2.34. The largest absolute Gasteiger partial charge is 0.339 e. The van der Waals surface area contributed by atoms with Crippen LogP contribution in [0.1, 0.15) is 18.7 Å². The molecule has 5 nitrogen and oxygen atoms in total. The Kier molecular flexibility index (Phi) is 4.38. The maximum absolute atomic E-state index is 5.46. The van der Waals surface area contributed by atoms with E-state index in [-0.39, 0.29) is 5.92 Å². The average Bonchev–Trinajstić information content (AvgIpc) is 3.08. The van der Waals surface area contributed by atoms with Crippen LogP contribution in [0.3, 0.4) is 0 Å². The van der Waals surface area contributed by atoms with E-state index >= 15 is 0 Å². The standard InChI is InChI=1S/C13H15BrN4OS/c1-2-15-10-7-20-6-8(10)13-17-12(18-19-13)11-9(14)4-3-5-16-11/h3-5,8,10,15H,2,6-7H2,1H3. The molecule has 0 aliphatic carbocycles. The number of aromatic nitrogens is 3. The lowest BCUT2D eigenvalue weighted by atomic mass is 10.0. The van der Waals surface area contributed by atoms with Crippen LogP contribution in [0.25, 0.3) is 11.5 Å². The van der Waals surface area contributed by atoms with E-state index in [4.69, 9.17) is 4.52 Å². The van der Waals surface area contributed by atoms with Crippen molar-refractivity contribution in [2.24, 2.45) is 0 Å². The summed E-state index contributed by atoms with van der Waals surface area (Å²) >= 11 is 5.38. The van der Waals surface area contributed by atoms with Gasteiger partial charge >= 0.3 is 0 Å². The number of hydrogen-bond donors (Lipinski definition) is 1. The first-order valence-corrected chi connectivity index (χ1v) is 8.50. The van der Waals surface area contributed by atoms with Crippen molar-refractivity contribution in [2.75, 3.05) is 18.1 Å². The Morgan fingerprint density at radius 2 is 2.40 bits per heavy atom. The molecule has 1 saturated heterocycles. The number of pyridine rings is 1. The fraction of sp³-hybridized carbons (Fsp3) is 0.462. The summed E-state index contributed by atoms with van der Waals surface area (Å²) in [5.74, 6) is 3.63. The molecular weight excluding hydrogens is 340 g/mol. The third-order valence-corrected chi connectivity index (χ3v) is 5.11. The summed E-state index contributed by atoms with van der Waals surface area (Å²) in [5.41, 5.74) is 0.716. The van der Waals surface area contributed by atoms with Gasteiger partial charge in [0.1, 0.15) is 5.69 Å². The van der Waals surface area contributed by atoms with Gasteiger partial charge in [-0.2, -0.15) is 16.7 Å². The van der Waals surface area contributed by atoms with E-state index in [1.807, 2.05) is 23.9 Å². The predicted octanol–water partition coefficient (Wildman–Crippen LogP) is 2.70. The molecule has 2 atom stereocenters. The molecule has 1 fully saturated rings. The van der Waals surface area contributed by atoms with Gasteiger partial charge in [-0.1, -0.05) is 12.1 Å². The van der Waals surface area contributed by atoms with Gasteiger partial charge in [-0.05, 0) is 34.6 Å². The van der Waals surface area contributed by atoms with E-state index in [0.717, 1.165) is 22.5 Å². The summed E-state index contributed by atoms with van der Waals surface area (Å²) in [6.07, 6.45) is 1.73. The van der Waals surface area contributed by atoms with Gasteiger partial charge in [0, 0.05) is 28.2 Å². The molecular formula is C13H15BrN4OS. The maximum atomic E-state index is 5.46. The number of hydrogen-bond acceptors (Lipinski definition) is 6. The second-order valence-corrected chi connectivity index (χ2v) is 6.53. The van der Waals surface area contributed by atoms with E-state index in [1.165, 1.54) is 0 Å². The van der Waals surface area contributed by atoms with Gasteiger partial charge in [0.15, 0.2) is 0 Å². The zero-order valence-corrected chi connectivity index (χ0v) is 13.4. The van der Waals surface area contributed by atoms with E-state index in [0.29, 0.717) is 23.5 Å². The zero-order chi connectivity index (χ0) is 13.9. The lowest BCUT2D eigenvalue weighted by Gasteiger charge is -2.15. The average molecular weight is 355 g/mol. The predicted molar refractivity (Wildman–Crippen MR) is 82.8 cm³/mol. The van der Waals surface area contributed by atoms with Crippen LogP contribution >= 0.6 is 27.7 Å². The first kappa shape index (κ1) is 14.0. The summed E-state index contributed by atoms with van der Waals surface area (Å²) < 4.78 is 6.33. The highest BCUT2D eigenvalue weighted by Gasteiger charge is 2.33. The quantitative estimate of drug-likeness (QED) is 0.910. The second kappa shape index (κ2) is 6.24. The van der Waals surface area contributed by atoms with Gasteiger partial charge in [-0.25, -0.2) is 0 Å². The summed E-state index contributed by atoms with van der Waals surface area (Å²) in [4.78, 5) is 8.82. The van der Waals surface area contributed by atoms with Crippen LogP contribution in [-0.2, 0) is 0 Å². The molecule has 0 bridgehead atoms. The molecule has 1 N–H and O–H groups in total. The molecule has 0 amide bonds. The normalized spacial score (nSPS) is 22.3. The minimum absolute atomic E-state index is 0.281. The summed E-state index contributed by atoms with van der Waals surface area (Å²) in [6, 6.07) is 4.19. The Labute approximate surface area is 130 Å². The highest BCUT2D eigenvalue weighted by atomic mass is 79.9. The summed E-state index contributed by atoms with van der Waals surface area (Å²) in [6.45, 7) is 3.07. The first-order chi connectivity index (χ1) is 9.79. The van der Waals surface area contributed by atoms with Crippen molar-refractivity contribution in [1.29, 1.82) is 0 Å². The third-order valence-electron chi connectivity index (χ3n) is 3.28. The van der Waals surface area contributed by atoms with Crippen molar-refractivity contribution in [3.05, 3.63) is 28.7 Å². The van der Waals surface area contributed by atoms with E-state index < -0.39 is 0 Å². The van der Waals surface area contributed by atoms with Gasteiger partial charge < -0.3 is 9.84 Å².